The summed E-state index contributed by atoms with van der Waals surface area (Å²) >= 11 is 6.32. The molecule has 2 aromatic rings. The van der Waals surface area contributed by atoms with Gasteiger partial charge in [0.15, 0.2) is 11.6 Å². The van der Waals surface area contributed by atoms with Gasteiger partial charge >= 0.3 is 0 Å². The Morgan fingerprint density at radius 1 is 1.36 bits per heavy atom. The number of carbonyl (C=O) groups is 1. The predicted molar refractivity (Wildman–Crippen MR) is 105 cm³/mol. The maximum absolute atomic E-state index is 13.9. The maximum atomic E-state index is 13.9. The van der Waals surface area contributed by atoms with E-state index in [9.17, 15) is 14.4 Å². The highest BCUT2D eigenvalue weighted by atomic mass is 35.5. The van der Waals surface area contributed by atoms with Crippen LogP contribution in [0.1, 0.15) is 39.7 Å². The van der Waals surface area contributed by atoms with Crippen LogP contribution in [0.3, 0.4) is 0 Å². The molecule has 1 aromatic heterocycles. The topological polar surface area (TPSA) is 56.5 Å². The zero-order valence-corrected chi connectivity index (χ0v) is 17.2. The number of hydrogen-bond donors (Lipinski definition) is 2. The van der Waals surface area contributed by atoms with E-state index < -0.39 is 5.82 Å². The Hall–Kier alpha value is -2.02. The Morgan fingerprint density at radius 2 is 2.07 bits per heavy atom. The van der Waals surface area contributed by atoms with Crippen molar-refractivity contribution in [1.29, 1.82) is 0 Å². The van der Waals surface area contributed by atoms with Gasteiger partial charge in [-0.15, -0.1) is 0 Å². The van der Waals surface area contributed by atoms with Gasteiger partial charge in [0.05, 0.1) is 5.56 Å². The molecular formula is C21H26ClFN3O2+. The third-order valence-corrected chi connectivity index (χ3v) is 5.56. The van der Waals surface area contributed by atoms with Crippen LogP contribution in [0.4, 0.5) is 4.39 Å². The highest BCUT2D eigenvalue weighted by Gasteiger charge is 2.21. The molecule has 2 N–H and O–H groups in total. The lowest BCUT2D eigenvalue weighted by atomic mass is 9.96. The Kier molecular flexibility index (Phi) is 6.33. The molecular weight excluding hydrogens is 381 g/mol. The van der Waals surface area contributed by atoms with Crippen molar-refractivity contribution in [2.45, 2.75) is 39.8 Å². The molecule has 1 aromatic carbocycles. The lowest BCUT2D eigenvalue weighted by molar-refractivity contribution is -0.909. The van der Waals surface area contributed by atoms with Gasteiger partial charge in [-0.1, -0.05) is 11.6 Å². The highest BCUT2D eigenvalue weighted by Crippen LogP contribution is 2.24. The highest BCUT2D eigenvalue weighted by molar-refractivity contribution is 6.30. The molecule has 0 bridgehead atoms. The van der Waals surface area contributed by atoms with Crippen LogP contribution in [0.15, 0.2) is 24.4 Å². The SMILES string of the molecule is Cc1c(CC(=O)c2cc(F)c(C)[n+](O)c2)cc(Cl)cc1CN1CCN[C@@H](C)C1. The molecule has 7 heteroatoms. The fourth-order valence-corrected chi connectivity index (χ4v) is 3.85. The van der Waals surface area contributed by atoms with E-state index in [0.29, 0.717) is 15.8 Å². The number of halogens is 2. The fourth-order valence-electron chi connectivity index (χ4n) is 3.59. The van der Waals surface area contributed by atoms with Gasteiger partial charge in [0.1, 0.15) is 0 Å². The van der Waals surface area contributed by atoms with Crippen LogP contribution in [-0.4, -0.2) is 41.6 Å². The zero-order chi connectivity index (χ0) is 20.4. The summed E-state index contributed by atoms with van der Waals surface area (Å²) in [6, 6.07) is 5.34. The Labute approximate surface area is 169 Å². The summed E-state index contributed by atoms with van der Waals surface area (Å²) in [5.74, 6) is -0.890. The number of ketones is 1. The van der Waals surface area contributed by atoms with E-state index in [1.807, 2.05) is 13.0 Å². The molecule has 5 nitrogen and oxygen atoms in total. The van der Waals surface area contributed by atoms with Crippen molar-refractivity contribution in [3.8, 4) is 0 Å². The molecule has 0 radical (unpaired) electrons. The van der Waals surface area contributed by atoms with Crippen molar-refractivity contribution >= 4 is 17.4 Å². The summed E-state index contributed by atoms with van der Waals surface area (Å²) < 4.78 is 14.5. The molecule has 3 rings (SSSR count). The fraction of sp³-hybridized carbons (Fsp3) is 0.429. The quantitative estimate of drug-likeness (QED) is 0.455. The molecule has 0 amide bonds. The summed E-state index contributed by atoms with van der Waals surface area (Å²) in [5, 5.41) is 13.7. The molecule has 2 heterocycles. The molecule has 1 atom stereocenters. The van der Waals surface area contributed by atoms with Crippen molar-refractivity contribution in [2.24, 2.45) is 0 Å². The molecule has 0 unspecified atom stereocenters. The number of piperazine rings is 1. The minimum absolute atomic E-state index is 0.0584. The van der Waals surface area contributed by atoms with Crippen molar-refractivity contribution < 1.29 is 19.1 Å². The van der Waals surface area contributed by atoms with Crippen LogP contribution in [-0.2, 0) is 13.0 Å². The van der Waals surface area contributed by atoms with E-state index in [0.717, 1.165) is 48.9 Å². The van der Waals surface area contributed by atoms with E-state index in [2.05, 4.69) is 17.1 Å². The van der Waals surface area contributed by atoms with Gasteiger partial charge in [-0.3, -0.25) is 14.9 Å². The normalized spacial score (nSPS) is 17.7. The molecule has 0 spiro atoms. The van der Waals surface area contributed by atoms with Gasteiger partial charge in [0.2, 0.25) is 6.20 Å². The van der Waals surface area contributed by atoms with Gasteiger partial charge in [0.25, 0.3) is 5.69 Å². The monoisotopic (exact) mass is 406 g/mol. The molecule has 1 aliphatic rings. The maximum Gasteiger partial charge on any atom is 0.266 e. The van der Waals surface area contributed by atoms with Crippen molar-refractivity contribution in [2.75, 3.05) is 19.6 Å². The number of rotatable bonds is 5. The summed E-state index contributed by atoms with van der Waals surface area (Å²) in [5.41, 5.74) is 3.12. The number of benzene rings is 1. The minimum Gasteiger partial charge on any atom is -0.312 e. The summed E-state index contributed by atoms with van der Waals surface area (Å²) in [7, 11) is 0. The lowest BCUT2D eigenvalue weighted by Crippen LogP contribution is -2.48. The molecule has 150 valence electrons. The Balaban J connectivity index is 1.82. The molecule has 1 fully saturated rings. The van der Waals surface area contributed by atoms with E-state index in [4.69, 9.17) is 11.6 Å². The number of carbonyl (C=O) groups excluding carboxylic acids is 1. The first-order valence-electron chi connectivity index (χ1n) is 9.42. The first-order valence-corrected chi connectivity index (χ1v) is 9.80. The van der Waals surface area contributed by atoms with Gasteiger partial charge in [-0.2, -0.15) is 4.39 Å². The minimum atomic E-state index is -0.621. The van der Waals surface area contributed by atoms with Crippen LogP contribution < -0.4 is 10.0 Å². The van der Waals surface area contributed by atoms with Crippen LogP contribution in [0.2, 0.25) is 5.02 Å². The number of nitrogens with zero attached hydrogens (tertiary/aromatic N) is 2. The molecule has 0 aliphatic carbocycles. The second kappa shape index (κ2) is 8.55. The van der Waals surface area contributed by atoms with E-state index >= 15 is 0 Å². The Bertz CT molecular complexity index is 880. The largest absolute Gasteiger partial charge is 0.312 e. The molecule has 1 aliphatic heterocycles. The third-order valence-electron chi connectivity index (χ3n) is 5.34. The van der Waals surface area contributed by atoms with Gasteiger partial charge in [-0.05, 0) is 48.7 Å². The number of aromatic nitrogens is 1. The van der Waals surface area contributed by atoms with Crippen LogP contribution in [0, 0.1) is 19.7 Å². The van der Waals surface area contributed by atoms with Crippen LogP contribution in [0.5, 0.6) is 0 Å². The van der Waals surface area contributed by atoms with Crippen molar-refractivity contribution in [3.05, 3.63) is 63.2 Å². The van der Waals surface area contributed by atoms with Gasteiger partial charge < -0.3 is 5.32 Å². The second-order valence-corrected chi connectivity index (χ2v) is 7.98. The molecule has 28 heavy (non-hydrogen) atoms. The zero-order valence-electron chi connectivity index (χ0n) is 16.4. The van der Waals surface area contributed by atoms with Gasteiger partial charge in [-0.25, -0.2) is 0 Å². The summed E-state index contributed by atoms with van der Waals surface area (Å²) in [6.45, 7) is 9.23. The van der Waals surface area contributed by atoms with Crippen molar-refractivity contribution in [1.82, 2.24) is 10.2 Å². The number of hydrogen-bond acceptors (Lipinski definition) is 4. The predicted octanol–water partition coefficient (Wildman–Crippen LogP) is 2.84. The van der Waals surface area contributed by atoms with E-state index in [1.54, 1.807) is 6.07 Å². The smallest absolute Gasteiger partial charge is 0.266 e. The van der Waals surface area contributed by atoms with E-state index in [-0.39, 0.29) is 23.5 Å². The van der Waals surface area contributed by atoms with Crippen molar-refractivity contribution in [3.63, 3.8) is 0 Å². The lowest BCUT2D eigenvalue weighted by Gasteiger charge is -2.32. The average molecular weight is 407 g/mol. The van der Waals surface area contributed by atoms with Gasteiger partial charge in [0, 0.05) is 55.3 Å². The van der Waals surface area contributed by atoms with Crippen LogP contribution >= 0.6 is 11.6 Å². The summed E-state index contributed by atoms with van der Waals surface area (Å²) in [4.78, 5) is 15.1. The molecule has 0 saturated carbocycles. The van der Waals surface area contributed by atoms with E-state index in [1.165, 1.54) is 13.1 Å². The Morgan fingerprint density at radius 3 is 2.75 bits per heavy atom. The third kappa shape index (κ3) is 4.69. The number of nitrogens with one attached hydrogen (secondary N) is 1. The average Bonchev–Trinajstić information content (AvgIpc) is 2.63. The summed E-state index contributed by atoms with van der Waals surface area (Å²) in [6.07, 6.45) is 1.34. The molecule has 1 saturated heterocycles. The number of Topliss-reactive ketones (excluding diaryl/α,β-unsaturated/α-hetero) is 1. The van der Waals surface area contributed by atoms with Crippen LogP contribution in [0.25, 0.3) is 0 Å². The first-order chi connectivity index (χ1) is 13.2. The standard InChI is InChI=1S/C21H26ClFN3O2/c1-13-10-25(5-4-24-13)11-17-7-19(22)6-16(14(17)2)9-21(27)18-8-20(23)15(3)26(28)12-18/h6-8,12-13,24,28H,4-5,9-11H2,1-3H3/q+1/t13-/m0/s1. The second-order valence-electron chi connectivity index (χ2n) is 7.55. The first kappa shape index (κ1) is 20.7. The number of pyridine rings is 1.